The van der Waals surface area contributed by atoms with E-state index in [2.05, 4.69) is 15.3 Å². The van der Waals surface area contributed by atoms with E-state index >= 15 is 0 Å². The van der Waals surface area contributed by atoms with Crippen LogP contribution in [0.4, 0.5) is 11.8 Å². The molecular weight excluding hydrogens is 370 g/mol. The fourth-order valence-corrected chi connectivity index (χ4v) is 2.98. The smallest absolute Gasteiger partial charge is 0.253 e. The minimum atomic E-state index is -0.00200. The first-order valence-electron chi connectivity index (χ1n) is 9.27. The molecular formula is C21H25N5O3. The number of carbonyl (C=O) groups is 1. The van der Waals surface area contributed by atoms with Crippen molar-refractivity contribution in [3.63, 3.8) is 0 Å². The lowest BCUT2D eigenvalue weighted by Gasteiger charge is -2.17. The van der Waals surface area contributed by atoms with Gasteiger partial charge in [-0.25, -0.2) is 4.98 Å². The van der Waals surface area contributed by atoms with Gasteiger partial charge in [-0.15, -0.1) is 0 Å². The summed E-state index contributed by atoms with van der Waals surface area (Å²) in [7, 11) is 4.93. The number of methoxy groups -OCH3 is 2. The van der Waals surface area contributed by atoms with Gasteiger partial charge in [-0.2, -0.15) is 4.98 Å². The van der Waals surface area contributed by atoms with E-state index in [1.54, 1.807) is 38.3 Å². The number of ether oxygens (including phenoxy) is 2. The van der Waals surface area contributed by atoms with E-state index in [1.807, 2.05) is 30.3 Å². The van der Waals surface area contributed by atoms with Crippen molar-refractivity contribution in [2.45, 2.75) is 6.42 Å². The van der Waals surface area contributed by atoms with Crippen LogP contribution in [0.25, 0.3) is 10.9 Å². The minimum absolute atomic E-state index is 0.00200. The van der Waals surface area contributed by atoms with Crippen LogP contribution in [0.15, 0.2) is 42.5 Å². The molecule has 8 heteroatoms. The SMILES string of the molecule is COc1cc2nc(NCCCN(C)C(=O)c3ccccc3)nc(N)c2cc1OC. The molecule has 0 atom stereocenters. The lowest BCUT2D eigenvalue weighted by Crippen LogP contribution is -2.28. The molecule has 3 N–H and O–H groups in total. The van der Waals surface area contributed by atoms with Gasteiger partial charge in [-0.1, -0.05) is 18.2 Å². The van der Waals surface area contributed by atoms with Crippen LogP contribution in [0.2, 0.25) is 0 Å². The number of hydrogen-bond acceptors (Lipinski definition) is 7. The number of nitrogens with one attached hydrogen (secondary N) is 1. The molecule has 0 saturated carbocycles. The second kappa shape index (κ2) is 9.09. The fraction of sp³-hybridized carbons (Fsp3) is 0.286. The van der Waals surface area contributed by atoms with Gasteiger partial charge in [0, 0.05) is 37.2 Å². The number of rotatable bonds is 8. The van der Waals surface area contributed by atoms with Crippen molar-refractivity contribution in [1.82, 2.24) is 14.9 Å². The van der Waals surface area contributed by atoms with Gasteiger partial charge in [-0.3, -0.25) is 4.79 Å². The largest absolute Gasteiger partial charge is 0.493 e. The monoisotopic (exact) mass is 395 g/mol. The Bertz CT molecular complexity index is 995. The number of nitrogens with zero attached hydrogens (tertiary/aromatic N) is 3. The molecule has 29 heavy (non-hydrogen) atoms. The van der Waals surface area contributed by atoms with Crippen molar-refractivity contribution in [3.8, 4) is 11.5 Å². The molecule has 152 valence electrons. The van der Waals surface area contributed by atoms with Crippen LogP contribution in [-0.4, -0.2) is 55.1 Å². The van der Waals surface area contributed by atoms with E-state index < -0.39 is 0 Å². The van der Waals surface area contributed by atoms with E-state index in [4.69, 9.17) is 15.2 Å². The summed E-state index contributed by atoms with van der Waals surface area (Å²) in [5.74, 6) is 1.93. The summed E-state index contributed by atoms with van der Waals surface area (Å²) in [6.45, 7) is 1.21. The molecule has 1 amide bonds. The summed E-state index contributed by atoms with van der Waals surface area (Å²) in [6, 6.07) is 12.8. The van der Waals surface area contributed by atoms with Crippen LogP contribution in [0.1, 0.15) is 16.8 Å². The molecule has 0 aliphatic heterocycles. The molecule has 1 aromatic heterocycles. The molecule has 0 unspecified atom stereocenters. The third-order valence-corrected chi connectivity index (χ3v) is 4.55. The summed E-state index contributed by atoms with van der Waals surface area (Å²) >= 11 is 0. The van der Waals surface area contributed by atoms with Gasteiger partial charge < -0.3 is 25.4 Å². The van der Waals surface area contributed by atoms with Gasteiger partial charge >= 0.3 is 0 Å². The average molecular weight is 395 g/mol. The van der Waals surface area contributed by atoms with Crippen molar-refractivity contribution >= 4 is 28.6 Å². The van der Waals surface area contributed by atoms with Crippen molar-refractivity contribution in [3.05, 3.63) is 48.0 Å². The summed E-state index contributed by atoms with van der Waals surface area (Å²) in [5, 5.41) is 3.86. The zero-order chi connectivity index (χ0) is 20.8. The van der Waals surface area contributed by atoms with Crippen LogP contribution >= 0.6 is 0 Å². The number of amides is 1. The van der Waals surface area contributed by atoms with E-state index in [0.29, 0.717) is 52.8 Å². The lowest BCUT2D eigenvalue weighted by molar-refractivity contribution is 0.0794. The van der Waals surface area contributed by atoms with Crippen molar-refractivity contribution < 1.29 is 14.3 Å². The Morgan fingerprint density at radius 2 is 1.79 bits per heavy atom. The maximum absolute atomic E-state index is 12.4. The quantitative estimate of drug-likeness (QED) is 0.565. The number of nitrogen functional groups attached to an aromatic ring is 1. The van der Waals surface area contributed by atoms with Gasteiger partial charge in [0.15, 0.2) is 11.5 Å². The topological polar surface area (TPSA) is 103 Å². The first-order chi connectivity index (χ1) is 14.0. The molecule has 0 spiro atoms. The van der Waals surface area contributed by atoms with Crippen LogP contribution in [0, 0.1) is 0 Å². The standard InChI is InChI=1S/C21H25N5O3/c1-26(20(27)14-8-5-4-6-9-14)11-7-10-23-21-24-16-13-18(29-3)17(28-2)12-15(16)19(22)25-21/h4-6,8-9,12-13H,7,10-11H2,1-3H3,(H3,22,23,24,25). The Hall–Kier alpha value is -3.55. The van der Waals surface area contributed by atoms with E-state index in [0.717, 1.165) is 6.42 Å². The molecule has 0 fully saturated rings. The Morgan fingerprint density at radius 3 is 2.48 bits per heavy atom. The fourth-order valence-electron chi connectivity index (χ4n) is 2.98. The highest BCUT2D eigenvalue weighted by atomic mass is 16.5. The zero-order valence-electron chi connectivity index (χ0n) is 16.8. The Morgan fingerprint density at radius 1 is 1.10 bits per heavy atom. The Kier molecular flexibility index (Phi) is 6.33. The second-order valence-corrected chi connectivity index (χ2v) is 6.53. The molecule has 1 heterocycles. The highest BCUT2D eigenvalue weighted by molar-refractivity contribution is 5.94. The normalized spacial score (nSPS) is 10.6. The molecule has 2 aromatic carbocycles. The molecule has 0 bridgehead atoms. The summed E-state index contributed by atoms with van der Waals surface area (Å²) < 4.78 is 10.6. The van der Waals surface area contributed by atoms with Crippen LogP contribution < -0.4 is 20.5 Å². The third kappa shape index (κ3) is 4.66. The third-order valence-electron chi connectivity index (χ3n) is 4.55. The maximum atomic E-state index is 12.4. The Balaban J connectivity index is 1.61. The molecule has 3 aromatic rings. The van der Waals surface area contributed by atoms with Crippen molar-refractivity contribution in [1.29, 1.82) is 0 Å². The summed E-state index contributed by atoms with van der Waals surface area (Å²) in [5.41, 5.74) is 7.43. The number of hydrogen-bond donors (Lipinski definition) is 2. The number of carbonyl (C=O) groups excluding carboxylic acids is 1. The van der Waals surface area contributed by atoms with E-state index in [9.17, 15) is 4.79 Å². The van der Waals surface area contributed by atoms with Crippen molar-refractivity contribution in [2.24, 2.45) is 0 Å². The molecule has 8 nitrogen and oxygen atoms in total. The predicted molar refractivity (Wildman–Crippen MR) is 114 cm³/mol. The summed E-state index contributed by atoms with van der Waals surface area (Å²) in [4.78, 5) is 22.9. The summed E-state index contributed by atoms with van der Waals surface area (Å²) in [6.07, 6.45) is 0.738. The average Bonchev–Trinajstić information content (AvgIpc) is 2.75. The molecule has 0 aliphatic rings. The maximum Gasteiger partial charge on any atom is 0.253 e. The van der Waals surface area contributed by atoms with Gasteiger partial charge in [0.2, 0.25) is 5.95 Å². The second-order valence-electron chi connectivity index (χ2n) is 6.53. The predicted octanol–water partition coefficient (Wildman–Crippen LogP) is 2.80. The van der Waals surface area contributed by atoms with Crippen molar-refractivity contribution in [2.75, 3.05) is 45.4 Å². The Labute approximate surface area is 169 Å². The molecule has 3 rings (SSSR count). The number of benzene rings is 2. The first kappa shape index (κ1) is 20.2. The van der Waals surface area contributed by atoms with Crippen LogP contribution in [0.3, 0.4) is 0 Å². The minimum Gasteiger partial charge on any atom is -0.493 e. The number of fused-ring (bicyclic) bond motifs is 1. The van der Waals surface area contributed by atoms with E-state index in [-0.39, 0.29) is 5.91 Å². The van der Waals surface area contributed by atoms with Gasteiger partial charge in [0.25, 0.3) is 5.91 Å². The van der Waals surface area contributed by atoms with Crippen LogP contribution in [0.5, 0.6) is 11.5 Å². The van der Waals surface area contributed by atoms with Gasteiger partial charge in [0.1, 0.15) is 5.82 Å². The zero-order valence-corrected chi connectivity index (χ0v) is 16.8. The van der Waals surface area contributed by atoms with E-state index in [1.165, 1.54) is 0 Å². The number of anilines is 2. The lowest BCUT2D eigenvalue weighted by atomic mass is 10.2. The molecule has 0 radical (unpaired) electrons. The highest BCUT2D eigenvalue weighted by Crippen LogP contribution is 2.33. The number of aromatic nitrogens is 2. The first-order valence-corrected chi connectivity index (χ1v) is 9.27. The number of nitrogens with two attached hydrogens (primary N) is 1. The van der Waals surface area contributed by atoms with Crippen LogP contribution in [-0.2, 0) is 0 Å². The molecule has 0 aliphatic carbocycles. The van der Waals surface area contributed by atoms with Gasteiger partial charge in [0.05, 0.1) is 19.7 Å². The molecule has 0 saturated heterocycles. The van der Waals surface area contributed by atoms with Gasteiger partial charge in [-0.05, 0) is 24.6 Å². The highest BCUT2D eigenvalue weighted by Gasteiger charge is 2.13.